The smallest absolute Gasteiger partial charge is 0.272 e. The topological polar surface area (TPSA) is 57.7 Å². The molecule has 0 aliphatic carbocycles. The maximum absolute atomic E-state index is 12.1. The van der Waals surface area contributed by atoms with Crippen LogP contribution in [0.5, 0.6) is 6.01 Å². The third kappa shape index (κ3) is 2.88. The van der Waals surface area contributed by atoms with Gasteiger partial charge in [-0.25, -0.2) is 0 Å². The molecule has 0 saturated carbocycles. The molecule has 0 spiro atoms. The Labute approximate surface area is 145 Å². The lowest BCUT2D eigenvalue weighted by molar-refractivity contribution is -0.705. The molecule has 0 aliphatic rings. The van der Waals surface area contributed by atoms with Crippen LogP contribution < -0.4 is 9.79 Å². The van der Waals surface area contributed by atoms with E-state index >= 15 is 0 Å². The van der Waals surface area contributed by atoms with Crippen LogP contribution in [0.4, 0.5) is 0 Å². The summed E-state index contributed by atoms with van der Waals surface area (Å²) < 4.78 is 3.68. The molecule has 0 atom stereocenters. The van der Waals surface area contributed by atoms with Crippen LogP contribution >= 0.6 is 47.8 Å². The summed E-state index contributed by atoms with van der Waals surface area (Å²) in [5.41, 5.74) is 1.31. The summed E-state index contributed by atoms with van der Waals surface area (Å²) in [5.74, 6) is 0. The van der Waals surface area contributed by atoms with Gasteiger partial charge in [-0.1, -0.05) is 28.1 Å². The highest BCUT2D eigenvalue weighted by molar-refractivity contribution is 9.11. The number of rotatable bonds is 2. The van der Waals surface area contributed by atoms with Crippen molar-refractivity contribution in [2.45, 2.75) is 0 Å². The highest BCUT2D eigenvalue weighted by Crippen LogP contribution is 2.24. The van der Waals surface area contributed by atoms with Crippen molar-refractivity contribution in [1.29, 1.82) is 0 Å². The predicted molar refractivity (Wildman–Crippen MR) is 85.4 cm³/mol. The van der Waals surface area contributed by atoms with E-state index < -0.39 is 6.01 Å². The van der Waals surface area contributed by atoms with Crippen molar-refractivity contribution in [3.05, 3.63) is 55.9 Å². The van der Waals surface area contributed by atoms with Crippen molar-refractivity contribution >= 4 is 47.8 Å². The summed E-state index contributed by atoms with van der Waals surface area (Å²) in [6, 6.07) is 12.5. The summed E-state index contributed by atoms with van der Waals surface area (Å²) >= 11 is 10.2. The van der Waals surface area contributed by atoms with Gasteiger partial charge in [-0.3, -0.25) is 0 Å². The normalized spacial score (nSPS) is 10.8. The standard InChI is InChI=1S/C13H7Br3N4O/c14-8-5-6-10(16)12(7-8)20-17-13(21)19(18-20)11-4-2-1-3-9(11)15/h1-7H. The second-order valence-electron chi connectivity index (χ2n) is 4.12. The molecule has 0 N–H and O–H groups in total. The first-order chi connectivity index (χ1) is 10.1. The highest BCUT2D eigenvalue weighted by atomic mass is 79.9. The van der Waals surface area contributed by atoms with Crippen LogP contribution in [0.1, 0.15) is 0 Å². The van der Waals surface area contributed by atoms with Gasteiger partial charge in [0.25, 0.3) is 6.01 Å². The molecule has 1 heterocycles. The first-order valence-electron chi connectivity index (χ1n) is 5.83. The van der Waals surface area contributed by atoms with Crippen LogP contribution in [0, 0.1) is 0 Å². The van der Waals surface area contributed by atoms with Gasteiger partial charge in [-0.05, 0) is 62.2 Å². The Hall–Kier alpha value is -1.25. The van der Waals surface area contributed by atoms with E-state index in [9.17, 15) is 5.11 Å². The monoisotopic (exact) mass is 472 g/mol. The minimum Gasteiger partial charge on any atom is -0.816 e. The number of halogens is 3. The molecule has 1 aromatic heterocycles. The maximum Gasteiger partial charge on any atom is 0.272 e. The third-order valence-corrected chi connectivity index (χ3v) is 4.57. The van der Waals surface area contributed by atoms with Gasteiger partial charge in [0.1, 0.15) is 5.69 Å². The van der Waals surface area contributed by atoms with E-state index in [1.54, 1.807) is 6.07 Å². The van der Waals surface area contributed by atoms with Gasteiger partial charge in [0.2, 0.25) is 0 Å². The van der Waals surface area contributed by atoms with Crippen LogP contribution in [0.25, 0.3) is 11.4 Å². The van der Waals surface area contributed by atoms with Gasteiger partial charge in [0, 0.05) is 9.27 Å². The predicted octanol–water partition coefficient (Wildman–Crippen LogP) is 2.91. The second-order valence-corrected chi connectivity index (χ2v) is 6.74. The van der Waals surface area contributed by atoms with Gasteiger partial charge in [-0.2, -0.15) is 0 Å². The Morgan fingerprint density at radius 3 is 2.52 bits per heavy atom. The molecule has 8 heteroatoms. The molecule has 0 radical (unpaired) electrons. The minimum atomic E-state index is -0.450. The van der Waals surface area contributed by atoms with E-state index in [0.717, 1.165) is 13.4 Å². The Morgan fingerprint density at radius 1 is 1.00 bits per heavy atom. The fourth-order valence-corrected chi connectivity index (χ4v) is 2.99. The van der Waals surface area contributed by atoms with Crippen LogP contribution in [0.2, 0.25) is 0 Å². The Morgan fingerprint density at radius 2 is 1.76 bits per heavy atom. The lowest BCUT2D eigenvalue weighted by Crippen LogP contribution is -2.37. The van der Waals surface area contributed by atoms with Gasteiger partial charge in [0.05, 0.1) is 19.3 Å². The first-order valence-corrected chi connectivity index (χ1v) is 8.21. The number of tetrazole rings is 1. The molecule has 0 saturated heterocycles. The quantitative estimate of drug-likeness (QED) is 0.537. The molecular weight excluding hydrogens is 468 g/mol. The van der Waals surface area contributed by atoms with E-state index in [0.29, 0.717) is 11.4 Å². The van der Waals surface area contributed by atoms with Gasteiger partial charge in [0.15, 0.2) is 5.69 Å². The van der Waals surface area contributed by atoms with Crippen molar-refractivity contribution in [1.82, 2.24) is 15.1 Å². The minimum absolute atomic E-state index is 0.450. The zero-order valence-corrected chi connectivity index (χ0v) is 15.1. The van der Waals surface area contributed by atoms with Crippen molar-refractivity contribution in [3.8, 4) is 17.4 Å². The number of hydrogen-bond acceptors (Lipinski definition) is 3. The summed E-state index contributed by atoms with van der Waals surface area (Å²) in [7, 11) is 0. The lowest BCUT2D eigenvalue weighted by Gasteiger charge is -2.00. The van der Waals surface area contributed by atoms with Crippen molar-refractivity contribution in [3.63, 3.8) is 0 Å². The van der Waals surface area contributed by atoms with E-state index in [1.807, 2.05) is 36.4 Å². The van der Waals surface area contributed by atoms with Gasteiger partial charge < -0.3 is 5.11 Å². The van der Waals surface area contributed by atoms with E-state index in [2.05, 4.69) is 58.1 Å². The van der Waals surface area contributed by atoms with Crippen LogP contribution in [-0.4, -0.2) is 15.1 Å². The van der Waals surface area contributed by atoms with E-state index in [-0.39, 0.29) is 0 Å². The van der Waals surface area contributed by atoms with E-state index in [4.69, 9.17) is 0 Å². The van der Waals surface area contributed by atoms with Crippen molar-refractivity contribution in [2.24, 2.45) is 0 Å². The molecule has 5 nitrogen and oxygen atoms in total. The summed E-state index contributed by atoms with van der Waals surface area (Å²) in [6.45, 7) is 0. The highest BCUT2D eigenvalue weighted by Gasteiger charge is 2.19. The SMILES string of the molecule is [O-]c1nn(-c2cc(Br)ccc2Br)n[n+]1-c1ccccc1Br. The molecule has 3 aromatic rings. The number of benzene rings is 2. The first kappa shape index (κ1) is 14.7. The molecule has 0 bridgehead atoms. The largest absolute Gasteiger partial charge is 0.816 e. The molecular formula is C13H7Br3N4O. The van der Waals surface area contributed by atoms with E-state index in [1.165, 1.54) is 9.48 Å². The number of nitrogens with zero attached hydrogens (tertiary/aromatic N) is 4. The third-order valence-electron chi connectivity index (χ3n) is 2.74. The van der Waals surface area contributed by atoms with Gasteiger partial charge in [-0.15, -0.1) is 4.68 Å². The molecule has 106 valence electrons. The molecule has 0 fully saturated rings. The van der Waals surface area contributed by atoms with Crippen molar-refractivity contribution in [2.75, 3.05) is 0 Å². The second kappa shape index (κ2) is 5.86. The Kier molecular flexibility index (Phi) is 4.10. The molecule has 2 aromatic carbocycles. The molecule has 0 unspecified atom stereocenters. The fourth-order valence-electron chi connectivity index (χ4n) is 1.78. The zero-order valence-electron chi connectivity index (χ0n) is 10.4. The number of hydrogen-bond donors (Lipinski definition) is 0. The molecule has 21 heavy (non-hydrogen) atoms. The van der Waals surface area contributed by atoms with Crippen LogP contribution in [0.3, 0.4) is 0 Å². The number of para-hydroxylation sites is 1. The summed E-state index contributed by atoms with van der Waals surface area (Å²) in [5, 5.41) is 20.3. The Bertz CT molecular complexity index is 819. The molecule has 0 amide bonds. The van der Waals surface area contributed by atoms with Gasteiger partial charge >= 0.3 is 0 Å². The molecule has 3 rings (SSSR count). The number of aromatic nitrogens is 4. The van der Waals surface area contributed by atoms with Crippen LogP contribution in [0.15, 0.2) is 55.9 Å². The fraction of sp³-hybridized carbons (Fsp3) is 0. The average molecular weight is 475 g/mol. The Balaban J connectivity index is 2.14. The molecule has 0 aliphatic heterocycles. The van der Waals surface area contributed by atoms with Crippen LogP contribution in [-0.2, 0) is 0 Å². The lowest BCUT2D eigenvalue weighted by atomic mass is 10.3. The maximum atomic E-state index is 12.1. The summed E-state index contributed by atoms with van der Waals surface area (Å²) in [6.07, 6.45) is 0. The zero-order chi connectivity index (χ0) is 15.0. The average Bonchev–Trinajstić information content (AvgIpc) is 2.84. The summed E-state index contributed by atoms with van der Waals surface area (Å²) in [4.78, 5) is 1.30. The van der Waals surface area contributed by atoms with Crippen molar-refractivity contribution < 1.29 is 9.79 Å².